The lowest BCUT2D eigenvalue weighted by Crippen LogP contribution is -2.30. The van der Waals surface area contributed by atoms with Gasteiger partial charge in [0.15, 0.2) is 5.78 Å². The summed E-state index contributed by atoms with van der Waals surface area (Å²) in [5, 5.41) is 2.91. The molecule has 0 saturated heterocycles. The molecule has 0 heterocycles. The number of carbonyl (C=O) groups excluding carboxylic acids is 1. The highest BCUT2D eigenvalue weighted by Crippen LogP contribution is 2.02. The minimum absolute atomic E-state index is 0.104. The average Bonchev–Trinajstić information content (AvgIpc) is 2.17. The highest BCUT2D eigenvalue weighted by atomic mass is 16.1. The number of hydrogen-bond donors (Lipinski definition) is 1. The monoisotopic (exact) mass is 169 g/mol. The third kappa shape index (κ3) is 1.92. The molecule has 0 aromatic heterocycles. The molecule has 0 fully saturated rings. The van der Waals surface area contributed by atoms with Crippen molar-refractivity contribution in [3.05, 3.63) is 35.9 Å². The summed E-state index contributed by atoms with van der Waals surface area (Å²) in [6.07, 6.45) is 0. The molecule has 1 atom stereocenters. The molecule has 0 bridgehead atoms. The van der Waals surface area contributed by atoms with Gasteiger partial charge in [0.25, 0.3) is 0 Å². The van der Waals surface area contributed by atoms with E-state index in [2.05, 4.69) is 5.32 Å². The fraction of sp³-hybridized carbons (Fsp3) is 0.300. The van der Waals surface area contributed by atoms with Crippen molar-refractivity contribution >= 4 is 5.78 Å². The van der Waals surface area contributed by atoms with E-state index in [1.807, 2.05) is 37.3 Å². The number of Topliss-reactive ketones (excluding diaryl/α,β-unsaturated/α-hetero) is 1. The normalized spacial score (nSPS) is 12.5. The number of rotatable bonds is 3. The summed E-state index contributed by atoms with van der Waals surface area (Å²) in [7, 11) is 1.78. The van der Waals surface area contributed by atoms with Gasteiger partial charge < -0.3 is 5.32 Å². The Labute approximate surface area is 72.6 Å². The second-order valence-corrected chi connectivity index (χ2v) is 2.74. The molecular weight excluding hydrogens is 156 g/mol. The van der Waals surface area contributed by atoms with Crippen LogP contribution in [0.15, 0.2) is 30.3 Å². The smallest absolute Gasteiger partial charge is 0.179 e. The van der Waals surface area contributed by atoms with Crippen LogP contribution < -0.4 is 5.32 Å². The largest absolute Gasteiger partial charge is 0.310 e. The molecule has 12 heavy (non-hydrogen) atoms. The zero-order chi connectivity index (χ0) is 8.97. The predicted octanol–water partition coefficient (Wildman–Crippen LogP) is 1.48. The van der Waals surface area contributed by atoms with Crippen molar-refractivity contribution in [3.8, 4) is 0 Å². The van der Waals surface area contributed by atoms with E-state index in [0.717, 1.165) is 5.56 Å². The summed E-state index contributed by atoms with van der Waals surface area (Å²) in [5.74, 6) is 0.137. The van der Waals surface area contributed by atoms with Crippen LogP contribution in [0.3, 0.4) is 0 Å². The number of hydrogen-bond acceptors (Lipinski definition) is 2. The topological polar surface area (TPSA) is 29.1 Å². The van der Waals surface area contributed by atoms with Gasteiger partial charge in [-0.15, -0.1) is 0 Å². The Morgan fingerprint density at radius 2 is 1.92 bits per heavy atom. The maximum Gasteiger partial charge on any atom is 0.179 e. The first-order valence-corrected chi connectivity index (χ1v) is 4.02. The van der Waals surface area contributed by atoms with E-state index in [1.54, 1.807) is 7.05 Å². The van der Waals surface area contributed by atoms with Crippen LogP contribution in [0.5, 0.6) is 0 Å². The number of nitrogens with one attached hydrogen (secondary N) is 1. The molecule has 0 radical (unpaired) electrons. The molecule has 2 nitrogen and oxygen atoms in total. The molecule has 0 aliphatic rings. The van der Waals surface area contributed by atoms with Gasteiger partial charge in [-0.25, -0.2) is 0 Å². The molecule has 2 heteroatoms. The zero-order valence-corrected chi connectivity index (χ0v) is 7.37. The predicted molar refractivity (Wildman–Crippen MR) is 49.3 cm³/mol. The third-order valence-corrected chi connectivity index (χ3v) is 1.88. The molecular formula is C10H13NO. The zero-order valence-electron chi connectivity index (χ0n) is 7.37. The van der Waals surface area contributed by atoms with Crippen LogP contribution in [0.2, 0.25) is 0 Å². The minimum atomic E-state index is -0.104. The van der Waals surface area contributed by atoms with Crippen LogP contribution in [-0.2, 0) is 0 Å². The van der Waals surface area contributed by atoms with Crippen molar-refractivity contribution in [1.29, 1.82) is 0 Å². The maximum atomic E-state index is 11.5. The highest BCUT2D eigenvalue weighted by molar-refractivity contribution is 5.99. The van der Waals surface area contributed by atoms with Gasteiger partial charge in [-0.05, 0) is 14.0 Å². The van der Waals surface area contributed by atoms with Crippen LogP contribution in [0.25, 0.3) is 0 Å². The molecule has 1 unspecified atom stereocenters. The van der Waals surface area contributed by atoms with E-state index < -0.39 is 0 Å². The first kappa shape index (κ1) is 8.94. The van der Waals surface area contributed by atoms with Gasteiger partial charge in [0.1, 0.15) is 0 Å². The third-order valence-electron chi connectivity index (χ3n) is 1.88. The van der Waals surface area contributed by atoms with Crippen LogP contribution in [0.4, 0.5) is 0 Å². The Hall–Kier alpha value is -1.15. The summed E-state index contributed by atoms with van der Waals surface area (Å²) in [6.45, 7) is 1.86. The molecule has 0 saturated carbocycles. The van der Waals surface area contributed by atoms with E-state index >= 15 is 0 Å². The quantitative estimate of drug-likeness (QED) is 0.694. The van der Waals surface area contributed by atoms with E-state index in [1.165, 1.54) is 0 Å². The van der Waals surface area contributed by atoms with Gasteiger partial charge in [0.05, 0.1) is 6.04 Å². The Morgan fingerprint density at radius 3 is 2.42 bits per heavy atom. The molecule has 1 N–H and O–H groups in total. The highest BCUT2D eigenvalue weighted by Gasteiger charge is 2.11. The van der Waals surface area contributed by atoms with Crippen molar-refractivity contribution in [2.45, 2.75) is 13.0 Å². The molecule has 0 aliphatic heterocycles. The second kappa shape index (κ2) is 4.02. The number of carbonyl (C=O) groups is 1. The average molecular weight is 169 g/mol. The van der Waals surface area contributed by atoms with Crippen molar-refractivity contribution in [1.82, 2.24) is 5.32 Å². The van der Waals surface area contributed by atoms with Crippen molar-refractivity contribution < 1.29 is 4.79 Å². The minimum Gasteiger partial charge on any atom is -0.310 e. The van der Waals surface area contributed by atoms with Gasteiger partial charge in [-0.3, -0.25) is 4.79 Å². The lowest BCUT2D eigenvalue weighted by Gasteiger charge is -2.07. The maximum absolute atomic E-state index is 11.5. The first-order valence-electron chi connectivity index (χ1n) is 4.02. The summed E-state index contributed by atoms with van der Waals surface area (Å²) in [5.41, 5.74) is 0.763. The summed E-state index contributed by atoms with van der Waals surface area (Å²) >= 11 is 0. The Bertz CT molecular complexity index is 256. The van der Waals surface area contributed by atoms with Crippen LogP contribution in [0, 0.1) is 0 Å². The van der Waals surface area contributed by atoms with Crippen molar-refractivity contribution in [2.24, 2.45) is 0 Å². The first-order chi connectivity index (χ1) is 5.75. The van der Waals surface area contributed by atoms with Crippen LogP contribution >= 0.6 is 0 Å². The van der Waals surface area contributed by atoms with Crippen LogP contribution in [0.1, 0.15) is 17.3 Å². The molecule has 0 spiro atoms. The summed E-state index contributed by atoms with van der Waals surface area (Å²) in [4.78, 5) is 11.5. The SMILES string of the molecule is CNC(C)C(=O)[13c]1[13cH][13cH][13cH][13cH][13cH]1. The molecule has 0 amide bonds. The molecule has 64 valence electrons. The standard InChI is InChI=1S/C10H13NO/c1-8(11-2)10(12)9-6-4-3-5-7-9/h3-8,11H,1-2H3/i3+1,4+1,5+1,6+1,7+1,9+1. The van der Waals surface area contributed by atoms with Crippen molar-refractivity contribution in [2.75, 3.05) is 7.05 Å². The summed E-state index contributed by atoms with van der Waals surface area (Å²) in [6, 6.07) is 9.20. The van der Waals surface area contributed by atoms with E-state index in [-0.39, 0.29) is 11.8 Å². The number of benzene rings is 1. The fourth-order valence-corrected chi connectivity index (χ4v) is 0.984. The van der Waals surface area contributed by atoms with Gasteiger partial charge in [-0.1, -0.05) is 30.3 Å². The molecule has 1 rings (SSSR count). The molecule has 1 aromatic carbocycles. The molecule has 0 aliphatic carbocycles. The van der Waals surface area contributed by atoms with E-state index in [0.29, 0.717) is 0 Å². The molecule has 1 aromatic rings. The van der Waals surface area contributed by atoms with Gasteiger partial charge in [0, 0.05) is 5.56 Å². The van der Waals surface area contributed by atoms with Gasteiger partial charge in [0.2, 0.25) is 0 Å². The van der Waals surface area contributed by atoms with Crippen LogP contribution in [-0.4, -0.2) is 18.9 Å². The number of ketones is 1. The van der Waals surface area contributed by atoms with Gasteiger partial charge >= 0.3 is 0 Å². The second-order valence-electron chi connectivity index (χ2n) is 2.74. The van der Waals surface area contributed by atoms with Crippen molar-refractivity contribution in [3.63, 3.8) is 0 Å². The van der Waals surface area contributed by atoms with E-state index in [4.69, 9.17) is 0 Å². The number of likely N-dealkylation sites (N-methyl/N-ethyl adjacent to an activating group) is 1. The fourth-order valence-electron chi connectivity index (χ4n) is 0.984. The Kier molecular flexibility index (Phi) is 3.00. The summed E-state index contributed by atoms with van der Waals surface area (Å²) < 4.78 is 0. The van der Waals surface area contributed by atoms with E-state index in [9.17, 15) is 4.79 Å². The Balaban J connectivity index is 2.79. The Morgan fingerprint density at radius 1 is 1.33 bits per heavy atom. The lowest BCUT2D eigenvalue weighted by atomic mass is 10.3. The lowest BCUT2D eigenvalue weighted by molar-refractivity contribution is 0.0955. The van der Waals surface area contributed by atoms with Gasteiger partial charge in [-0.2, -0.15) is 0 Å².